The fourth-order valence-electron chi connectivity index (χ4n) is 3.18. The Morgan fingerprint density at radius 3 is 2.54 bits per heavy atom. The molecule has 7 nitrogen and oxygen atoms in total. The molecule has 126 valence electrons. The number of amides is 1. The van der Waals surface area contributed by atoms with Gasteiger partial charge in [0.25, 0.3) is 0 Å². The van der Waals surface area contributed by atoms with Gasteiger partial charge in [-0.1, -0.05) is 29.8 Å². The second kappa shape index (κ2) is 6.35. The van der Waals surface area contributed by atoms with Crippen LogP contribution < -0.4 is 21.7 Å². The number of nitrogens with one attached hydrogen (secondary N) is 1. The molecule has 2 atom stereocenters. The third kappa shape index (κ3) is 3.40. The van der Waals surface area contributed by atoms with Gasteiger partial charge in [0.05, 0.1) is 6.04 Å². The number of aromatic nitrogens is 2. The molecule has 1 aliphatic rings. The van der Waals surface area contributed by atoms with Crippen LogP contribution in [0.25, 0.3) is 0 Å². The Kier molecular flexibility index (Phi) is 4.24. The summed E-state index contributed by atoms with van der Waals surface area (Å²) in [5.74, 6) is 1.31. The summed E-state index contributed by atoms with van der Waals surface area (Å²) in [6.45, 7) is 4.97. The summed E-state index contributed by atoms with van der Waals surface area (Å²) in [6.07, 6.45) is 0. The van der Waals surface area contributed by atoms with E-state index >= 15 is 0 Å². The molecule has 7 heteroatoms. The average molecular weight is 326 g/mol. The lowest BCUT2D eigenvalue weighted by atomic mass is 9.93. The number of hydrogen-bond donors (Lipinski definition) is 3. The van der Waals surface area contributed by atoms with Crippen molar-refractivity contribution in [1.82, 2.24) is 15.3 Å². The summed E-state index contributed by atoms with van der Waals surface area (Å²) in [5, 5.41) is 3.05. The molecule has 0 bridgehead atoms. The zero-order valence-electron chi connectivity index (χ0n) is 13.9. The van der Waals surface area contributed by atoms with E-state index in [-0.39, 0.29) is 23.8 Å². The van der Waals surface area contributed by atoms with E-state index < -0.39 is 0 Å². The van der Waals surface area contributed by atoms with E-state index in [1.54, 1.807) is 6.07 Å². The maximum atomic E-state index is 11.6. The zero-order chi connectivity index (χ0) is 17.3. The van der Waals surface area contributed by atoms with Gasteiger partial charge < -0.3 is 21.7 Å². The van der Waals surface area contributed by atoms with Crippen LogP contribution in [0.3, 0.4) is 0 Å². The van der Waals surface area contributed by atoms with Crippen molar-refractivity contribution in [2.24, 2.45) is 0 Å². The minimum absolute atomic E-state index is 0.00243. The van der Waals surface area contributed by atoms with Gasteiger partial charge in [-0.25, -0.2) is 0 Å². The van der Waals surface area contributed by atoms with Gasteiger partial charge in [0.2, 0.25) is 11.9 Å². The highest BCUT2D eigenvalue weighted by Gasteiger charge is 2.35. The van der Waals surface area contributed by atoms with Crippen LogP contribution in [0.5, 0.6) is 0 Å². The molecule has 1 saturated heterocycles. The molecule has 1 fully saturated rings. The molecule has 0 unspecified atom stereocenters. The Labute approximate surface area is 141 Å². The van der Waals surface area contributed by atoms with Gasteiger partial charge >= 0.3 is 0 Å². The predicted octanol–water partition coefficient (Wildman–Crippen LogP) is 1.06. The van der Waals surface area contributed by atoms with Crippen LogP contribution in [-0.2, 0) is 4.79 Å². The van der Waals surface area contributed by atoms with E-state index in [0.29, 0.717) is 18.2 Å². The van der Waals surface area contributed by atoms with Crippen LogP contribution in [0.4, 0.5) is 17.6 Å². The molecule has 0 aliphatic carbocycles. The highest BCUT2D eigenvalue weighted by atomic mass is 16.1. The van der Waals surface area contributed by atoms with Crippen molar-refractivity contribution in [2.75, 3.05) is 29.5 Å². The quantitative estimate of drug-likeness (QED) is 0.778. The molecule has 5 N–H and O–H groups in total. The summed E-state index contributed by atoms with van der Waals surface area (Å²) in [6, 6.07) is 10.1. The highest BCUT2D eigenvalue weighted by molar-refractivity contribution is 5.73. The van der Waals surface area contributed by atoms with Crippen LogP contribution >= 0.6 is 0 Å². The molecule has 3 rings (SSSR count). The monoisotopic (exact) mass is 326 g/mol. The first-order chi connectivity index (χ1) is 11.4. The van der Waals surface area contributed by atoms with E-state index in [4.69, 9.17) is 11.5 Å². The number of rotatable bonds is 3. The first kappa shape index (κ1) is 16.0. The molecule has 1 aromatic heterocycles. The van der Waals surface area contributed by atoms with Crippen molar-refractivity contribution < 1.29 is 4.79 Å². The number of carbonyl (C=O) groups is 1. The third-order valence-corrected chi connectivity index (χ3v) is 4.29. The number of benzene rings is 1. The van der Waals surface area contributed by atoms with Crippen LogP contribution in [0, 0.1) is 6.92 Å². The standard InChI is InChI=1S/C17H22N6O/c1-10-3-5-12(6-4-10)13-8-23(9-14(13)20-11(2)24)16-7-15(18)21-17(19)22-16/h3-7,13-14H,8-9H2,1-2H3,(H,20,24)(H4,18,19,21,22)/t13-,14+/m0/s1. The van der Waals surface area contributed by atoms with Crippen molar-refractivity contribution in [3.8, 4) is 0 Å². The van der Waals surface area contributed by atoms with Crippen molar-refractivity contribution in [2.45, 2.75) is 25.8 Å². The molecule has 0 radical (unpaired) electrons. The maximum Gasteiger partial charge on any atom is 0.223 e. The second-order valence-corrected chi connectivity index (χ2v) is 6.24. The fraction of sp³-hybridized carbons (Fsp3) is 0.353. The van der Waals surface area contributed by atoms with E-state index in [0.717, 1.165) is 6.54 Å². The molecule has 1 aliphatic heterocycles. The Hall–Kier alpha value is -2.83. The largest absolute Gasteiger partial charge is 0.383 e. The first-order valence-electron chi connectivity index (χ1n) is 7.91. The van der Waals surface area contributed by atoms with Gasteiger partial charge in [-0.2, -0.15) is 9.97 Å². The summed E-state index contributed by atoms with van der Waals surface area (Å²) in [4.78, 5) is 21.8. The summed E-state index contributed by atoms with van der Waals surface area (Å²) in [7, 11) is 0. The van der Waals surface area contributed by atoms with E-state index in [1.807, 2.05) is 0 Å². The second-order valence-electron chi connectivity index (χ2n) is 6.24. The summed E-state index contributed by atoms with van der Waals surface area (Å²) < 4.78 is 0. The third-order valence-electron chi connectivity index (χ3n) is 4.29. The molecule has 2 aromatic rings. The number of carbonyl (C=O) groups excluding carboxylic acids is 1. The molecular formula is C17H22N6O. The minimum Gasteiger partial charge on any atom is -0.383 e. The lowest BCUT2D eigenvalue weighted by molar-refractivity contribution is -0.119. The molecule has 1 aromatic carbocycles. The predicted molar refractivity (Wildman–Crippen MR) is 94.6 cm³/mol. The van der Waals surface area contributed by atoms with E-state index in [1.165, 1.54) is 18.1 Å². The van der Waals surface area contributed by atoms with Gasteiger partial charge in [0, 0.05) is 32.0 Å². The smallest absolute Gasteiger partial charge is 0.223 e. The molecule has 1 amide bonds. The lowest BCUT2D eigenvalue weighted by Gasteiger charge is -2.19. The molecule has 2 heterocycles. The Balaban J connectivity index is 1.89. The molecule has 24 heavy (non-hydrogen) atoms. The van der Waals surface area contributed by atoms with Gasteiger partial charge in [-0.3, -0.25) is 4.79 Å². The number of anilines is 3. The molecular weight excluding hydrogens is 304 g/mol. The van der Waals surface area contributed by atoms with E-state index in [2.05, 4.69) is 51.4 Å². The van der Waals surface area contributed by atoms with Gasteiger partial charge in [-0.15, -0.1) is 0 Å². The van der Waals surface area contributed by atoms with Crippen molar-refractivity contribution in [3.63, 3.8) is 0 Å². The van der Waals surface area contributed by atoms with Crippen LogP contribution in [0.2, 0.25) is 0 Å². The average Bonchev–Trinajstić information content (AvgIpc) is 2.90. The fourth-order valence-corrected chi connectivity index (χ4v) is 3.18. The van der Waals surface area contributed by atoms with Crippen LogP contribution in [0.15, 0.2) is 30.3 Å². The van der Waals surface area contributed by atoms with Crippen LogP contribution in [-0.4, -0.2) is 35.0 Å². The highest BCUT2D eigenvalue weighted by Crippen LogP contribution is 2.31. The van der Waals surface area contributed by atoms with Crippen molar-refractivity contribution >= 4 is 23.5 Å². The number of nitrogens with zero attached hydrogens (tertiary/aromatic N) is 3. The lowest BCUT2D eigenvalue weighted by Crippen LogP contribution is -2.38. The number of aryl methyl sites for hydroxylation is 1. The van der Waals surface area contributed by atoms with Crippen molar-refractivity contribution in [1.29, 1.82) is 0 Å². The number of hydrogen-bond acceptors (Lipinski definition) is 6. The van der Waals surface area contributed by atoms with Gasteiger partial charge in [0.15, 0.2) is 0 Å². The van der Waals surface area contributed by atoms with E-state index in [9.17, 15) is 4.79 Å². The summed E-state index contributed by atoms with van der Waals surface area (Å²) in [5.41, 5.74) is 13.9. The number of nitrogen functional groups attached to an aromatic ring is 2. The van der Waals surface area contributed by atoms with Gasteiger partial charge in [-0.05, 0) is 12.5 Å². The summed E-state index contributed by atoms with van der Waals surface area (Å²) >= 11 is 0. The topological polar surface area (TPSA) is 110 Å². The normalized spacial score (nSPS) is 20.2. The first-order valence-corrected chi connectivity index (χ1v) is 7.91. The molecule has 0 saturated carbocycles. The zero-order valence-corrected chi connectivity index (χ0v) is 13.9. The number of nitrogens with two attached hydrogens (primary N) is 2. The Bertz CT molecular complexity index is 725. The molecule has 0 spiro atoms. The van der Waals surface area contributed by atoms with Crippen LogP contribution in [0.1, 0.15) is 24.0 Å². The minimum atomic E-state index is -0.0410. The SMILES string of the molecule is CC(=O)N[C@@H]1CN(c2cc(N)nc(N)n2)C[C@H]1c1ccc(C)cc1. The van der Waals surface area contributed by atoms with Gasteiger partial charge in [0.1, 0.15) is 11.6 Å². The Morgan fingerprint density at radius 1 is 1.21 bits per heavy atom. The Morgan fingerprint density at radius 2 is 1.92 bits per heavy atom. The maximum absolute atomic E-state index is 11.6. The van der Waals surface area contributed by atoms with Crippen molar-refractivity contribution in [3.05, 3.63) is 41.5 Å².